The van der Waals surface area contributed by atoms with Gasteiger partial charge in [-0.15, -0.1) is 0 Å². The van der Waals surface area contributed by atoms with Crippen LogP contribution < -0.4 is 0 Å². The fraction of sp³-hybridized carbons (Fsp3) is 0.846. The Hall–Kier alpha value is -1.11. The third-order valence-electron chi connectivity index (χ3n) is 3.82. The van der Waals surface area contributed by atoms with Crippen LogP contribution in [0.3, 0.4) is 0 Å². The molecule has 114 valence electrons. The normalized spacial score (nSPS) is 25.6. The van der Waals surface area contributed by atoms with Gasteiger partial charge in [0.2, 0.25) is 5.89 Å². The van der Waals surface area contributed by atoms with Gasteiger partial charge in [-0.1, -0.05) is 31.3 Å². The second kappa shape index (κ2) is 6.11. The van der Waals surface area contributed by atoms with Crippen LogP contribution in [0.4, 0.5) is 13.2 Å². The van der Waals surface area contributed by atoms with E-state index in [-0.39, 0.29) is 18.1 Å². The van der Waals surface area contributed by atoms with Crippen molar-refractivity contribution in [2.75, 3.05) is 0 Å². The number of halogens is 3. The van der Waals surface area contributed by atoms with Crippen molar-refractivity contribution < 1.29 is 22.8 Å². The van der Waals surface area contributed by atoms with Crippen molar-refractivity contribution in [3.05, 3.63) is 11.7 Å². The number of aromatic nitrogens is 2. The Morgan fingerprint density at radius 2 is 2.05 bits per heavy atom. The summed E-state index contributed by atoms with van der Waals surface area (Å²) < 4.78 is 44.0. The van der Waals surface area contributed by atoms with Gasteiger partial charge in [0.15, 0.2) is 5.82 Å². The summed E-state index contributed by atoms with van der Waals surface area (Å²) in [6.07, 6.45) is -2.12. The first-order valence-electron chi connectivity index (χ1n) is 7.01. The summed E-state index contributed by atoms with van der Waals surface area (Å²) >= 11 is 0. The number of aliphatic hydroxyl groups is 1. The predicted octanol–water partition coefficient (Wildman–Crippen LogP) is 3.74. The van der Waals surface area contributed by atoms with Gasteiger partial charge in [0, 0.05) is 5.92 Å². The lowest BCUT2D eigenvalue weighted by atomic mass is 9.78. The van der Waals surface area contributed by atoms with Crippen LogP contribution in [0, 0.1) is 5.92 Å². The molecule has 2 rings (SSSR count). The lowest BCUT2D eigenvalue weighted by Gasteiger charge is -2.30. The molecule has 1 heterocycles. The number of rotatable bonds is 4. The molecule has 3 atom stereocenters. The average Bonchev–Trinajstić information content (AvgIpc) is 2.87. The first kappa shape index (κ1) is 15.3. The lowest BCUT2D eigenvalue weighted by molar-refractivity contribution is -0.189. The highest BCUT2D eigenvalue weighted by Gasteiger charge is 2.48. The molecule has 0 amide bonds. The third-order valence-corrected chi connectivity index (χ3v) is 3.82. The Bertz CT molecular complexity index is 433. The molecule has 1 N–H and O–H groups in total. The zero-order valence-electron chi connectivity index (χ0n) is 11.4. The topological polar surface area (TPSA) is 59.2 Å². The SMILES string of the molecule is CCCC(O)c1noc(C2CCCCC2C(F)(F)F)n1. The standard InChI is InChI=1S/C13H19F3N2O2/c1-2-5-10(19)11-17-12(20-18-11)8-6-3-4-7-9(8)13(14,15)16/h8-10,19H,2-7H2,1H3. The molecule has 7 heteroatoms. The van der Waals surface area contributed by atoms with Crippen molar-refractivity contribution in [3.8, 4) is 0 Å². The molecule has 0 aliphatic heterocycles. The van der Waals surface area contributed by atoms with E-state index < -0.39 is 24.1 Å². The first-order chi connectivity index (χ1) is 9.43. The van der Waals surface area contributed by atoms with Gasteiger partial charge in [-0.05, 0) is 19.3 Å². The Kier molecular flexibility index (Phi) is 4.67. The van der Waals surface area contributed by atoms with Gasteiger partial charge in [-0.3, -0.25) is 0 Å². The molecular weight excluding hydrogens is 273 g/mol. The van der Waals surface area contributed by atoms with Crippen LogP contribution in [-0.4, -0.2) is 21.4 Å². The maximum Gasteiger partial charge on any atom is 0.392 e. The van der Waals surface area contributed by atoms with Crippen molar-refractivity contribution >= 4 is 0 Å². The van der Waals surface area contributed by atoms with Crippen molar-refractivity contribution in [1.82, 2.24) is 10.1 Å². The monoisotopic (exact) mass is 292 g/mol. The van der Waals surface area contributed by atoms with Crippen molar-refractivity contribution in [2.24, 2.45) is 5.92 Å². The van der Waals surface area contributed by atoms with Crippen LogP contribution in [0.2, 0.25) is 0 Å². The molecule has 20 heavy (non-hydrogen) atoms. The van der Waals surface area contributed by atoms with E-state index in [1.165, 1.54) is 0 Å². The number of hydrogen-bond acceptors (Lipinski definition) is 4. The number of hydrogen-bond donors (Lipinski definition) is 1. The molecule has 0 radical (unpaired) electrons. The Balaban J connectivity index is 2.16. The van der Waals surface area contributed by atoms with E-state index in [1.807, 2.05) is 6.92 Å². The van der Waals surface area contributed by atoms with Crippen LogP contribution >= 0.6 is 0 Å². The highest BCUT2D eigenvalue weighted by molar-refractivity contribution is 5.01. The van der Waals surface area contributed by atoms with Gasteiger partial charge < -0.3 is 9.63 Å². The summed E-state index contributed by atoms with van der Waals surface area (Å²) in [6, 6.07) is 0. The van der Waals surface area contributed by atoms with E-state index in [4.69, 9.17) is 4.52 Å². The van der Waals surface area contributed by atoms with E-state index in [0.717, 1.165) is 12.8 Å². The van der Waals surface area contributed by atoms with Crippen LogP contribution in [0.15, 0.2) is 4.52 Å². The maximum absolute atomic E-state index is 13.0. The van der Waals surface area contributed by atoms with Crippen LogP contribution in [0.5, 0.6) is 0 Å². The quantitative estimate of drug-likeness (QED) is 0.918. The predicted molar refractivity (Wildman–Crippen MR) is 64.9 cm³/mol. The number of aliphatic hydroxyl groups excluding tert-OH is 1. The highest BCUT2D eigenvalue weighted by atomic mass is 19.4. The van der Waals surface area contributed by atoms with E-state index in [1.54, 1.807) is 0 Å². The molecule has 1 fully saturated rings. The smallest absolute Gasteiger partial charge is 0.385 e. The van der Waals surface area contributed by atoms with E-state index in [2.05, 4.69) is 10.1 Å². The largest absolute Gasteiger partial charge is 0.392 e. The summed E-state index contributed by atoms with van der Waals surface area (Å²) in [7, 11) is 0. The summed E-state index contributed by atoms with van der Waals surface area (Å²) in [4.78, 5) is 3.99. The van der Waals surface area contributed by atoms with E-state index >= 15 is 0 Å². The zero-order valence-corrected chi connectivity index (χ0v) is 11.4. The van der Waals surface area contributed by atoms with Crippen molar-refractivity contribution in [1.29, 1.82) is 0 Å². The minimum atomic E-state index is -4.25. The molecular formula is C13H19F3N2O2. The van der Waals surface area contributed by atoms with Crippen LogP contribution in [0.25, 0.3) is 0 Å². The Morgan fingerprint density at radius 1 is 1.35 bits per heavy atom. The summed E-state index contributed by atoms with van der Waals surface area (Å²) in [5, 5.41) is 13.4. The molecule has 1 aliphatic carbocycles. The van der Waals surface area contributed by atoms with Crippen molar-refractivity contribution in [2.45, 2.75) is 63.6 Å². The molecule has 0 saturated heterocycles. The average molecular weight is 292 g/mol. The summed E-state index contributed by atoms with van der Waals surface area (Å²) in [5.41, 5.74) is 0. The fourth-order valence-corrected chi connectivity index (χ4v) is 2.75. The molecule has 4 nitrogen and oxygen atoms in total. The summed E-state index contributed by atoms with van der Waals surface area (Å²) in [5.74, 6) is -2.10. The molecule has 1 aromatic rings. The fourth-order valence-electron chi connectivity index (χ4n) is 2.75. The Labute approximate surface area is 115 Å². The van der Waals surface area contributed by atoms with Gasteiger partial charge in [0.25, 0.3) is 0 Å². The zero-order chi connectivity index (χ0) is 14.8. The van der Waals surface area contributed by atoms with E-state index in [0.29, 0.717) is 19.3 Å². The molecule has 0 aromatic carbocycles. The van der Waals surface area contributed by atoms with Crippen LogP contribution in [-0.2, 0) is 0 Å². The van der Waals surface area contributed by atoms with Crippen LogP contribution in [0.1, 0.15) is 69.2 Å². The van der Waals surface area contributed by atoms with Gasteiger partial charge in [-0.25, -0.2) is 0 Å². The van der Waals surface area contributed by atoms with Gasteiger partial charge in [0.05, 0.1) is 5.92 Å². The minimum absolute atomic E-state index is 0.0113. The minimum Gasteiger partial charge on any atom is -0.385 e. The second-order valence-corrected chi connectivity index (χ2v) is 5.33. The van der Waals surface area contributed by atoms with Crippen molar-refractivity contribution in [3.63, 3.8) is 0 Å². The molecule has 1 saturated carbocycles. The summed E-state index contributed by atoms with van der Waals surface area (Å²) in [6.45, 7) is 1.89. The van der Waals surface area contributed by atoms with Gasteiger partial charge >= 0.3 is 6.18 Å². The lowest BCUT2D eigenvalue weighted by Crippen LogP contribution is -2.31. The third kappa shape index (κ3) is 3.31. The molecule has 3 unspecified atom stereocenters. The highest BCUT2D eigenvalue weighted by Crippen LogP contribution is 2.46. The molecule has 0 spiro atoms. The molecule has 1 aliphatic rings. The number of alkyl halides is 3. The van der Waals surface area contributed by atoms with Gasteiger partial charge in [-0.2, -0.15) is 18.2 Å². The molecule has 0 bridgehead atoms. The number of nitrogens with zero attached hydrogens (tertiary/aromatic N) is 2. The Morgan fingerprint density at radius 3 is 2.70 bits per heavy atom. The second-order valence-electron chi connectivity index (χ2n) is 5.33. The first-order valence-corrected chi connectivity index (χ1v) is 7.01. The maximum atomic E-state index is 13.0. The molecule has 1 aromatic heterocycles. The van der Waals surface area contributed by atoms with Gasteiger partial charge in [0.1, 0.15) is 6.10 Å². The van der Waals surface area contributed by atoms with E-state index in [9.17, 15) is 18.3 Å².